The van der Waals surface area contributed by atoms with Crippen LogP contribution in [0.5, 0.6) is 0 Å². The first kappa shape index (κ1) is 13.8. The van der Waals surface area contributed by atoms with Crippen molar-refractivity contribution in [2.75, 3.05) is 16.8 Å². The number of aryl methyl sites for hydroxylation is 2. The van der Waals surface area contributed by atoms with Gasteiger partial charge in [-0.05, 0) is 48.7 Å². The molecule has 0 fully saturated rings. The molecule has 2 aromatic heterocycles. The molecule has 116 valence electrons. The van der Waals surface area contributed by atoms with Gasteiger partial charge in [0.05, 0.1) is 11.9 Å². The number of hydrogen-bond acceptors (Lipinski definition) is 2. The van der Waals surface area contributed by atoms with Crippen LogP contribution < -0.4 is 10.2 Å². The second-order valence-electron chi connectivity index (χ2n) is 5.99. The van der Waals surface area contributed by atoms with Crippen molar-refractivity contribution in [3.05, 3.63) is 54.0 Å². The monoisotopic (exact) mass is 306 g/mol. The Morgan fingerprint density at radius 2 is 2.22 bits per heavy atom. The highest BCUT2D eigenvalue weighted by atomic mass is 16.2. The molecule has 3 heterocycles. The molecule has 0 radical (unpaired) electrons. The minimum atomic E-state index is -0.107. The van der Waals surface area contributed by atoms with E-state index >= 15 is 0 Å². The predicted molar refractivity (Wildman–Crippen MR) is 92.0 cm³/mol. The van der Waals surface area contributed by atoms with E-state index in [-0.39, 0.29) is 6.03 Å². The van der Waals surface area contributed by atoms with E-state index in [1.54, 1.807) is 12.4 Å². The standard InChI is InChI=1S/C18H18N4O/c1-12-11-21(2)17-8-13-5-7-22(16(13)9-15(12)17)18(23)20-14-4-3-6-19-10-14/h3-4,6,8-11H,5,7H2,1-2H3,(H,20,23). The highest BCUT2D eigenvalue weighted by molar-refractivity contribution is 6.04. The number of urea groups is 1. The third-order valence-corrected chi connectivity index (χ3v) is 4.44. The number of fused-ring (bicyclic) bond motifs is 2. The van der Waals surface area contributed by atoms with Crippen molar-refractivity contribution < 1.29 is 4.79 Å². The molecule has 0 bridgehead atoms. The molecule has 0 spiro atoms. The van der Waals surface area contributed by atoms with Crippen LogP contribution >= 0.6 is 0 Å². The molecule has 2 amide bonds. The molecular weight excluding hydrogens is 288 g/mol. The Labute approximate surface area is 134 Å². The molecule has 0 saturated heterocycles. The quantitative estimate of drug-likeness (QED) is 0.748. The molecule has 1 N–H and O–H groups in total. The highest BCUT2D eigenvalue weighted by Crippen LogP contribution is 2.34. The number of nitrogens with one attached hydrogen (secondary N) is 1. The lowest BCUT2D eigenvalue weighted by atomic mass is 10.1. The fraction of sp³-hybridized carbons (Fsp3) is 0.222. The topological polar surface area (TPSA) is 50.2 Å². The lowest BCUT2D eigenvalue weighted by molar-refractivity contribution is 0.257. The van der Waals surface area contributed by atoms with Gasteiger partial charge in [0.2, 0.25) is 0 Å². The first-order valence-electron chi connectivity index (χ1n) is 7.70. The van der Waals surface area contributed by atoms with E-state index < -0.39 is 0 Å². The van der Waals surface area contributed by atoms with Crippen molar-refractivity contribution >= 4 is 28.3 Å². The summed E-state index contributed by atoms with van der Waals surface area (Å²) in [7, 11) is 2.06. The van der Waals surface area contributed by atoms with Crippen LogP contribution in [0.3, 0.4) is 0 Å². The predicted octanol–water partition coefficient (Wildman–Crippen LogP) is 3.48. The van der Waals surface area contributed by atoms with E-state index in [1.807, 2.05) is 17.0 Å². The summed E-state index contributed by atoms with van der Waals surface area (Å²) in [5, 5.41) is 4.11. The van der Waals surface area contributed by atoms with E-state index in [0.29, 0.717) is 12.2 Å². The Hall–Kier alpha value is -2.82. The molecule has 23 heavy (non-hydrogen) atoms. The summed E-state index contributed by atoms with van der Waals surface area (Å²) in [5.41, 5.74) is 5.39. The van der Waals surface area contributed by atoms with E-state index in [2.05, 4.69) is 47.2 Å². The van der Waals surface area contributed by atoms with E-state index in [9.17, 15) is 4.79 Å². The number of anilines is 2. The summed E-state index contributed by atoms with van der Waals surface area (Å²) >= 11 is 0. The van der Waals surface area contributed by atoms with E-state index in [0.717, 1.165) is 12.1 Å². The van der Waals surface area contributed by atoms with Crippen molar-refractivity contribution in [3.63, 3.8) is 0 Å². The first-order valence-corrected chi connectivity index (χ1v) is 7.70. The van der Waals surface area contributed by atoms with Gasteiger partial charge in [0.1, 0.15) is 0 Å². The number of amides is 2. The van der Waals surface area contributed by atoms with Gasteiger partial charge in [-0.3, -0.25) is 9.88 Å². The van der Waals surface area contributed by atoms with Gasteiger partial charge in [0.15, 0.2) is 0 Å². The van der Waals surface area contributed by atoms with Crippen LogP contribution in [0.4, 0.5) is 16.2 Å². The normalized spacial score (nSPS) is 13.4. The smallest absolute Gasteiger partial charge is 0.326 e. The van der Waals surface area contributed by atoms with Crippen LogP contribution in [-0.2, 0) is 13.5 Å². The molecule has 1 aliphatic heterocycles. The third-order valence-electron chi connectivity index (χ3n) is 4.44. The average molecular weight is 306 g/mol. The molecule has 1 aromatic carbocycles. The summed E-state index contributed by atoms with van der Waals surface area (Å²) in [6, 6.07) is 7.88. The van der Waals surface area contributed by atoms with Crippen LogP contribution in [-0.4, -0.2) is 22.1 Å². The second kappa shape index (κ2) is 5.12. The van der Waals surface area contributed by atoms with E-state index in [4.69, 9.17) is 0 Å². The lowest BCUT2D eigenvalue weighted by Crippen LogP contribution is -2.33. The minimum Gasteiger partial charge on any atom is -0.350 e. The Kier molecular flexibility index (Phi) is 3.08. The average Bonchev–Trinajstić information content (AvgIpc) is 3.08. The fourth-order valence-corrected chi connectivity index (χ4v) is 3.30. The number of carbonyl (C=O) groups is 1. The van der Waals surface area contributed by atoms with Crippen LogP contribution in [0.1, 0.15) is 11.1 Å². The Bertz CT molecular complexity index is 898. The maximum atomic E-state index is 12.6. The summed E-state index contributed by atoms with van der Waals surface area (Å²) < 4.78 is 2.14. The van der Waals surface area contributed by atoms with Gasteiger partial charge in [0, 0.05) is 42.6 Å². The number of aromatic nitrogens is 2. The van der Waals surface area contributed by atoms with Crippen molar-refractivity contribution in [3.8, 4) is 0 Å². The van der Waals surface area contributed by atoms with Crippen molar-refractivity contribution in [1.82, 2.24) is 9.55 Å². The first-order chi connectivity index (χ1) is 11.1. The maximum absolute atomic E-state index is 12.6. The SMILES string of the molecule is Cc1cn(C)c2cc3c(cc12)N(C(=O)Nc1cccnc1)CC3. The van der Waals surface area contributed by atoms with Gasteiger partial charge < -0.3 is 9.88 Å². The summed E-state index contributed by atoms with van der Waals surface area (Å²) in [4.78, 5) is 18.4. The molecule has 4 rings (SSSR count). The molecule has 0 unspecified atom stereocenters. The van der Waals surface area contributed by atoms with E-state index in [1.165, 1.54) is 22.0 Å². The van der Waals surface area contributed by atoms with Crippen LogP contribution in [0.15, 0.2) is 42.9 Å². The van der Waals surface area contributed by atoms with Crippen molar-refractivity contribution in [2.24, 2.45) is 7.05 Å². The highest BCUT2D eigenvalue weighted by Gasteiger charge is 2.26. The number of hydrogen-bond donors (Lipinski definition) is 1. The van der Waals surface area contributed by atoms with Gasteiger partial charge in [-0.25, -0.2) is 4.79 Å². The van der Waals surface area contributed by atoms with Gasteiger partial charge in [0.25, 0.3) is 0 Å². The molecule has 0 saturated carbocycles. The van der Waals surface area contributed by atoms with Crippen molar-refractivity contribution in [2.45, 2.75) is 13.3 Å². The maximum Gasteiger partial charge on any atom is 0.326 e. The number of nitrogens with zero attached hydrogens (tertiary/aromatic N) is 3. The Balaban J connectivity index is 1.69. The lowest BCUT2D eigenvalue weighted by Gasteiger charge is -2.18. The largest absolute Gasteiger partial charge is 0.350 e. The van der Waals surface area contributed by atoms with Gasteiger partial charge in [-0.1, -0.05) is 0 Å². The Morgan fingerprint density at radius 1 is 1.35 bits per heavy atom. The third kappa shape index (κ3) is 2.25. The minimum absolute atomic E-state index is 0.107. The molecule has 3 aromatic rings. The molecule has 1 aliphatic rings. The van der Waals surface area contributed by atoms with Crippen LogP contribution in [0.25, 0.3) is 10.9 Å². The number of pyridine rings is 1. The summed E-state index contributed by atoms with van der Waals surface area (Å²) in [5.74, 6) is 0. The number of carbonyl (C=O) groups excluding carboxylic acids is 1. The molecule has 5 nitrogen and oxygen atoms in total. The summed E-state index contributed by atoms with van der Waals surface area (Å²) in [6.07, 6.45) is 6.35. The summed E-state index contributed by atoms with van der Waals surface area (Å²) in [6.45, 7) is 2.81. The van der Waals surface area contributed by atoms with Gasteiger partial charge >= 0.3 is 6.03 Å². The zero-order chi connectivity index (χ0) is 16.0. The molecule has 0 aliphatic carbocycles. The van der Waals surface area contributed by atoms with Gasteiger partial charge in [-0.15, -0.1) is 0 Å². The number of benzene rings is 1. The zero-order valence-corrected chi connectivity index (χ0v) is 13.2. The zero-order valence-electron chi connectivity index (χ0n) is 13.2. The van der Waals surface area contributed by atoms with Gasteiger partial charge in [-0.2, -0.15) is 0 Å². The molecule has 0 atom stereocenters. The van der Waals surface area contributed by atoms with Crippen LogP contribution in [0, 0.1) is 6.92 Å². The second-order valence-corrected chi connectivity index (χ2v) is 5.99. The van der Waals surface area contributed by atoms with Crippen molar-refractivity contribution in [1.29, 1.82) is 0 Å². The Morgan fingerprint density at radius 3 is 3.00 bits per heavy atom. The molecule has 5 heteroatoms. The number of rotatable bonds is 1. The van der Waals surface area contributed by atoms with Crippen LogP contribution in [0.2, 0.25) is 0 Å². The molecular formula is C18H18N4O. The fourth-order valence-electron chi connectivity index (χ4n) is 3.30.